The third-order valence-corrected chi connectivity index (χ3v) is 9.14. The van der Waals surface area contributed by atoms with Gasteiger partial charge in [0.15, 0.2) is 0 Å². The zero-order chi connectivity index (χ0) is 23.3. The Hall–Kier alpha value is -1.94. The van der Waals surface area contributed by atoms with Gasteiger partial charge >= 0.3 is 0 Å². The molecule has 1 aromatic rings. The lowest BCUT2D eigenvalue weighted by molar-refractivity contribution is 0.167. The molecule has 9 heteroatoms. The van der Waals surface area contributed by atoms with E-state index >= 15 is 4.39 Å². The Kier molecular flexibility index (Phi) is 5.91. The van der Waals surface area contributed by atoms with Gasteiger partial charge in [-0.1, -0.05) is 25.3 Å². The monoisotopic (exact) mass is 470 g/mol. The molecule has 0 amide bonds. The molecule has 6 rings (SSSR count). The smallest absolute Gasteiger partial charge is 0.209 e. The Bertz CT molecular complexity index is 925. The number of piperidine rings is 1. The molecule has 7 N–H and O–H groups in total. The molecule has 0 radical (unpaired) electrons. The minimum atomic E-state index is -1.24. The number of rotatable bonds is 4. The zero-order valence-corrected chi connectivity index (χ0v) is 20.0. The maximum atomic E-state index is 15.1. The minimum absolute atomic E-state index is 0.195. The van der Waals surface area contributed by atoms with E-state index < -0.39 is 5.79 Å². The summed E-state index contributed by atoms with van der Waals surface area (Å²) in [6, 6.07) is 6.59. The van der Waals surface area contributed by atoms with Crippen molar-refractivity contribution >= 4 is 11.6 Å². The van der Waals surface area contributed by atoms with Crippen LogP contribution in [0.1, 0.15) is 50.5 Å². The summed E-state index contributed by atoms with van der Waals surface area (Å²) in [7, 11) is 0. The minimum Gasteiger partial charge on any atom is -0.369 e. The van der Waals surface area contributed by atoms with Crippen molar-refractivity contribution in [3.63, 3.8) is 0 Å². The van der Waals surface area contributed by atoms with Crippen LogP contribution in [-0.4, -0.2) is 55.7 Å². The third kappa shape index (κ3) is 4.06. The van der Waals surface area contributed by atoms with E-state index in [0.717, 1.165) is 43.8 Å². The van der Waals surface area contributed by atoms with E-state index in [9.17, 15) is 0 Å². The number of nitrogens with zero attached hydrogens (tertiary/aromatic N) is 3. The molecule has 0 aromatic heterocycles. The molecule has 8 nitrogen and oxygen atoms in total. The Morgan fingerprint density at radius 2 is 1.82 bits per heavy atom. The summed E-state index contributed by atoms with van der Waals surface area (Å²) in [5.74, 6) is 0.971. The molecule has 1 aromatic carbocycles. The molecule has 34 heavy (non-hydrogen) atoms. The van der Waals surface area contributed by atoms with Crippen molar-refractivity contribution in [2.75, 3.05) is 37.6 Å². The van der Waals surface area contributed by atoms with Crippen LogP contribution in [0.4, 0.5) is 10.1 Å². The van der Waals surface area contributed by atoms with Crippen molar-refractivity contribution in [1.82, 2.24) is 21.1 Å². The van der Waals surface area contributed by atoms with Crippen molar-refractivity contribution in [3.05, 3.63) is 29.6 Å². The number of nitrogens with one attached hydrogen (secondary N) is 3. The molecule has 4 atom stereocenters. The number of hydrazine groups is 1. The number of anilines is 1. The lowest BCUT2D eigenvalue weighted by atomic mass is 9.81. The Labute approximate surface area is 201 Å². The molecular formula is C25H39FN8. The predicted molar refractivity (Wildman–Crippen MR) is 132 cm³/mol. The number of likely N-dealkylation sites (tertiary alicyclic amines) is 1. The number of hydrogen-bond donors (Lipinski definition) is 5. The average Bonchev–Trinajstić information content (AvgIpc) is 3.54. The molecule has 3 saturated heterocycles. The van der Waals surface area contributed by atoms with Crippen LogP contribution in [-0.2, 0) is 5.79 Å². The second-order valence-electron chi connectivity index (χ2n) is 11.1. The van der Waals surface area contributed by atoms with E-state index in [1.54, 1.807) is 0 Å². The van der Waals surface area contributed by atoms with Crippen molar-refractivity contribution in [2.24, 2.45) is 34.2 Å². The first-order valence-corrected chi connectivity index (χ1v) is 13.2. The second kappa shape index (κ2) is 8.93. The van der Waals surface area contributed by atoms with Gasteiger partial charge in [-0.2, -0.15) is 5.43 Å². The quantitative estimate of drug-likeness (QED) is 0.453. The molecule has 1 aliphatic carbocycles. The van der Waals surface area contributed by atoms with Crippen molar-refractivity contribution in [2.45, 2.75) is 62.8 Å². The van der Waals surface area contributed by atoms with Gasteiger partial charge in [0.25, 0.3) is 0 Å². The molecule has 4 unspecified atom stereocenters. The summed E-state index contributed by atoms with van der Waals surface area (Å²) in [6.45, 7) is 5.52. The number of aliphatic imine (C=N–C) groups is 1. The fraction of sp³-hybridized carbons (Fsp3) is 0.720. The van der Waals surface area contributed by atoms with E-state index in [1.807, 2.05) is 12.1 Å². The normalized spacial score (nSPS) is 35.4. The predicted octanol–water partition coefficient (Wildman–Crippen LogP) is 1.39. The summed E-state index contributed by atoms with van der Waals surface area (Å²) in [5.41, 5.74) is 18.6. The maximum Gasteiger partial charge on any atom is 0.209 e. The first-order valence-electron chi connectivity index (χ1n) is 13.2. The summed E-state index contributed by atoms with van der Waals surface area (Å²) in [5, 5.41) is 3.90. The standard InChI is InChI=1S/C25H39FN8/c26-21-12-18(25(28)30-24(27)31-32-25)6-7-22(21)33-10-8-16(9-11-33)23-20-15-34(14-17(20)13-29-23)19-4-2-1-3-5-19/h6-7,12,16-17,19-20,23,29,32H,1-5,8-11,13-15,28H2,(H3,27,30,31). The summed E-state index contributed by atoms with van der Waals surface area (Å²) >= 11 is 0. The second-order valence-corrected chi connectivity index (χ2v) is 11.1. The van der Waals surface area contributed by atoms with Gasteiger partial charge in [-0.05, 0) is 62.1 Å². The fourth-order valence-corrected chi connectivity index (χ4v) is 7.29. The summed E-state index contributed by atoms with van der Waals surface area (Å²) in [6.07, 6.45) is 9.27. The van der Waals surface area contributed by atoms with Gasteiger partial charge < -0.3 is 16.0 Å². The number of nitrogens with two attached hydrogens (primary N) is 2. The zero-order valence-electron chi connectivity index (χ0n) is 20.0. The summed E-state index contributed by atoms with van der Waals surface area (Å²) in [4.78, 5) is 9.16. The van der Waals surface area contributed by atoms with Gasteiger partial charge in [0.2, 0.25) is 11.7 Å². The summed E-state index contributed by atoms with van der Waals surface area (Å²) < 4.78 is 15.1. The Balaban J connectivity index is 1.07. The highest BCUT2D eigenvalue weighted by Gasteiger charge is 2.47. The third-order valence-electron chi connectivity index (χ3n) is 9.14. The highest BCUT2D eigenvalue weighted by atomic mass is 19.1. The highest BCUT2D eigenvalue weighted by molar-refractivity contribution is 5.79. The molecule has 186 valence electrons. The first kappa shape index (κ1) is 22.5. The molecule has 0 bridgehead atoms. The van der Waals surface area contributed by atoms with Crippen LogP contribution in [0.2, 0.25) is 0 Å². The van der Waals surface area contributed by atoms with E-state index in [-0.39, 0.29) is 11.8 Å². The maximum absolute atomic E-state index is 15.1. The van der Waals surface area contributed by atoms with Gasteiger partial charge in [-0.25, -0.2) is 9.38 Å². The highest BCUT2D eigenvalue weighted by Crippen LogP contribution is 2.40. The topological polar surface area (TPSA) is 107 Å². The van der Waals surface area contributed by atoms with Gasteiger partial charge in [0.1, 0.15) is 5.82 Å². The number of hydrogen-bond acceptors (Lipinski definition) is 8. The van der Waals surface area contributed by atoms with Gasteiger partial charge in [0.05, 0.1) is 5.69 Å². The van der Waals surface area contributed by atoms with Crippen molar-refractivity contribution in [3.8, 4) is 0 Å². The van der Waals surface area contributed by atoms with E-state index in [0.29, 0.717) is 23.2 Å². The fourth-order valence-electron chi connectivity index (χ4n) is 7.29. The molecule has 5 aliphatic rings. The van der Waals surface area contributed by atoms with E-state index in [4.69, 9.17) is 11.5 Å². The van der Waals surface area contributed by atoms with Crippen LogP contribution < -0.4 is 32.5 Å². The van der Waals surface area contributed by atoms with Crippen LogP contribution in [0.5, 0.6) is 0 Å². The Morgan fingerprint density at radius 3 is 2.53 bits per heavy atom. The van der Waals surface area contributed by atoms with Gasteiger partial charge in [-0.3, -0.25) is 16.1 Å². The van der Waals surface area contributed by atoms with Crippen molar-refractivity contribution < 1.29 is 4.39 Å². The van der Waals surface area contributed by atoms with Crippen LogP contribution >= 0.6 is 0 Å². The lowest BCUT2D eigenvalue weighted by Crippen LogP contribution is -2.50. The molecule has 4 heterocycles. The van der Waals surface area contributed by atoms with Crippen LogP contribution in [0.25, 0.3) is 0 Å². The van der Waals surface area contributed by atoms with E-state index in [2.05, 4.69) is 31.0 Å². The largest absolute Gasteiger partial charge is 0.369 e. The average molecular weight is 471 g/mol. The van der Waals surface area contributed by atoms with Crippen LogP contribution in [0, 0.1) is 23.6 Å². The number of benzene rings is 1. The van der Waals surface area contributed by atoms with Gasteiger partial charge in [0, 0.05) is 43.8 Å². The first-order chi connectivity index (χ1) is 16.5. The lowest BCUT2D eigenvalue weighted by Gasteiger charge is -2.38. The van der Waals surface area contributed by atoms with Gasteiger partial charge in [-0.15, -0.1) is 0 Å². The number of halogens is 1. The molecule has 4 fully saturated rings. The number of fused-ring (bicyclic) bond motifs is 1. The SMILES string of the molecule is NC1=NC(N)(c2ccc(N3CCC(C4NCC5CN(C6CCCCC6)CC54)CC3)c(F)c2)NN1. The molecular weight excluding hydrogens is 431 g/mol. The van der Waals surface area contributed by atoms with Crippen LogP contribution in [0.15, 0.2) is 23.2 Å². The van der Waals surface area contributed by atoms with Crippen LogP contribution in [0.3, 0.4) is 0 Å². The Morgan fingerprint density at radius 1 is 1.03 bits per heavy atom. The van der Waals surface area contributed by atoms with E-state index in [1.165, 1.54) is 57.8 Å². The molecule has 4 aliphatic heterocycles. The molecule has 0 spiro atoms. The van der Waals surface area contributed by atoms with Crippen molar-refractivity contribution in [1.29, 1.82) is 0 Å². The molecule has 1 saturated carbocycles. The number of guanidine groups is 1.